The number of hydrogen-bond donors (Lipinski definition) is 2. The normalized spacial score (nSPS) is 17.8. The van der Waals surface area contributed by atoms with Gasteiger partial charge in [-0.25, -0.2) is 8.42 Å². The molecule has 1 aliphatic heterocycles. The number of anilines is 1. The van der Waals surface area contributed by atoms with E-state index in [4.69, 9.17) is 0 Å². The molecule has 6 nitrogen and oxygen atoms in total. The molecule has 1 atom stereocenters. The first-order valence-corrected chi connectivity index (χ1v) is 10.1. The van der Waals surface area contributed by atoms with Crippen molar-refractivity contribution in [1.29, 1.82) is 0 Å². The fraction of sp³-hybridized carbons (Fsp3) is 0.316. The van der Waals surface area contributed by atoms with Crippen LogP contribution >= 0.6 is 0 Å². The van der Waals surface area contributed by atoms with Gasteiger partial charge in [-0.05, 0) is 49.7 Å². The minimum atomic E-state index is -3.70. The van der Waals surface area contributed by atoms with E-state index in [1.807, 2.05) is 30.9 Å². The third-order valence-corrected chi connectivity index (χ3v) is 5.94. The summed E-state index contributed by atoms with van der Waals surface area (Å²) >= 11 is 0. The van der Waals surface area contributed by atoms with Crippen molar-refractivity contribution in [1.82, 2.24) is 10.2 Å². The first kappa shape index (κ1) is 18.4. The van der Waals surface area contributed by atoms with Crippen molar-refractivity contribution in [2.24, 2.45) is 0 Å². The Kier molecular flexibility index (Phi) is 5.29. The van der Waals surface area contributed by atoms with Crippen molar-refractivity contribution in [3.05, 3.63) is 59.7 Å². The first-order chi connectivity index (χ1) is 12.4. The van der Waals surface area contributed by atoms with Crippen molar-refractivity contribution in [2.45, 2.75) is 24.8 Å². The van der Waals surface area contributed by atoms with Gasteiger partial charge < -0.3 is 10.2 Å². The highest BCUT2D eigenvalue weighted by Crippen LogP contribution is 2.20. The Labute approximate surface area is 154 Å². The maximum absolute atomic E-state index is 12.6. The largest absolute Gasteiger partial charge is 0.333 e. The van der Waals surface area contributed by atoms with E-state index in [0.717, 1.165) is 18.7 Å². The molecule has 138 valence electrons. The lowest BCUT2D eigenvalue weighted by molar-refractivity contribution is 0.0655. The molecule has 2 aromatic rings. The summed E-state index contributed by atoms with van der Waals surface area (Å²) in [6.07, 6.45) is 0. The molecule has 26 heavy (non-hydrogen) atoms. The van der Waals surface area contributed by atoms with E-state index in [9.17, 15) is 13.2 Å². The van der Waals surface area contributed by atoms with Crippen LogP contribution in [0.5, 0.6) is 0 Å². The summed E-state index contributed by atoms with van der Waals surface area (Å²) in [4.78, 5) is 14.6. The average molecular weight is 373 g/mol. The molecule has 1 heterocycles. The molecule has 0 unspecified atom stereocenters. The van der Waals surface area contributed by atoms with Gasteiger partial charge in [0.2, 0.25) is 0 Å². The fourth-order valence-electron chi connectivity index (χ4n) is 2.98. The van der Waals surface area contributed by atoms with Crippen LogP contribution in [0.25, 0.3) is 0 Å². The van der Waals surface area contributed by atoms with Gasteiger partial charge in [-0.2, -0.15) is 0 Å². The van der Waals surface area contributed by atoms with E-state index < -0.39 is 10.0 Å². The molecule has 7 heteroatoms. The van der Waals surface area contributed by atoms with Gasteiger partial charge in [0.15, 0.2) is 0 Å². The Balaban J connectivity index is 1.78. The van der Waals surface area contributed by atoms with Crippen LogP contribution in [-0.4, -0.2) is 44.9 Å². The van der Waals surface area contributed by atoms with Crippen LogP contribution in [0, 0.1) is 6.92 Å². The number of amides is 1. The second kappa shape index (κ2) is 7.47. The Hall–Kier alpha value is -2.38. The molecule has 2 aromatic carbocycles. The summed E-state index contributed by atoms with van der Waals surface area (Å²) in [7, 11) is -3.70. The molecular formula is C19H23N3O3S. The molecule has 1 aliphatic rings. The van der Waals surface area contributed by atoms with Gasteiger partial charge in [0, 0.05) is 31.2 Å². The number of piperazine rings is 1. The van der Waals surface area contributed by atoms with Crippen molar-refractivity contribution >= 4 is 21.6 Å². The fourth-order valence-corrected chi connectivity index (χ4v) is 4.11. The Morgan fingerprint density at radius 3 is 2.50 bits per heavy atom. The Morgan fingerprint density at radius 1 is 1.15 bits per heavy atom. The van der Waals surface area contributed by atoms with Gasteiger partial charge in [0.25, 0.3) is 15.9 Å². The Morgan fingerprint density at radius 2 is 1.85 bits per heavy atom. The topological polar surface area (TPSA) is 78.5 Å². The predicted molar refractivity (Wildman–Crippen MR) is 102 cm³/mol. The van der Waals surface area contributed by atoms with Crippen molar-refractivity contribution in [2.75, 3.05) is 24.4 Å². The van der Waals surface area contributed by atoms with Crippen LogP contribution in [0.2, 0.25) is 0 Å². The number of para-hydroxylation sites is 1. The molecule has 1 saturated heterocycles. The number of nitrogens with zero attached hydrogens (tertiary/aromatic N) is 1. The third-order valence-electron chi connectivity index (χ3n) is 4.56. The maximum Gasteiger partial charge on any atom is 0.261 e. The maximum atomic E-state index is 12.6. The number of benzene rings is 2. The zero-order chi connectivity index (χ0) is 18.7. The second-order valence-corrected chi connectivity index (χ2v) is 8.18. The zero-order valence-corrected chi connectivity index (χ0v) is 15.7. The summed E-state index contributed by atoms with van der Waals surface area (Å²) < 4.78 is 27.7. The molecule has 1 amide bonds. The molecular weight excluding hydrogens is 350 g/mol. The standard InChI is InChI=1S/C19H23N3O3S/c1-14-5-3-4-6-18(14)21-26(24,25)17-9-7-16(8-10-17)19(23)22-12-11-20-13-15(22)2/h3-10,15,20-21H,11-13H2,1-2H3/t15-/m1/s1. The van der Waals surface area contributed by atoms with Gasteiger partial charge in [-0.3, -0.25) is 9.52 Å². The predicted octanol–water partition coefficient (Wildman–Crippen LogP) is 2.23. The van der Waals surface area contributed by atoms with Gasteiger partial charge in [0.1, 0.15) is 0 Å². The van der Waals surface area contributed by atoms with Gasteiger partial charge >= 0.3 is 0 Å². The van der Waals surface area contributed by atoms with E-state index in [-0.39, 0.29) is 16.8 Å². The van der Waals surface area contributed by atoms with Crippen molar-refractivity contribution in [3.63, 3.8) is 0 Å². The summed E-state index contributed by atoms with van der Waals surface area (Å²) in [5, 5.41) is 3.25. The van der Waals surface area contributed by atoms with E-state index in [1.54, 1.807) is 24.3 Å². The van der Waals surface area contributed by atoms with Crippen LogP contribution < -0.4 is 10.0 Å². The summed E-state index contributed by atoms with van der Waals surface area (Å²) in [5.74, 6) is -0.0742. The molecule has 0 saturated carbocycles. The van der Waals surface area contributed by atoms with Gasteiger partial charge in [0.05, 0.1) is 10.6 Å². The molecule has 1 fully saturated rings. The number of hydrogen-bond acceptors (Lipinski definition) is 4. The SMILES string of the molecule is Cc1ccccc1NS(=O)(=O)c1ccc(C(=O)N2CCNC[C@H]2C)cc1. The van der Waals surface area contributed by atoms with Crippen LogP contribution in [0.15, 0.2) is 53.4 Å². The molecule has 0 aliphatic carbocycles. The lowest BCUT2D eigenvalue weighted by Gasteiger charge is -2.34. The highest BCUT2D eigenvalue weighted by Gasteiger charge is 2.24. The molecule has 0 aromatic heterocycles. The van der Waals surface area contributed by atoms with E-state index in [0.29, 0.717) is 17.8 Å². The minimum Gasteiger partial charge on any atom is -0.333 e. The third kappa shape index (κ3) is 3.89. The number of carbonyl (C=O) groups excluding carboxylic acids is 1. The molecule has 2 N–H and O–H groups in total. The van der Waals surface area contributed by atoms with Gasteiger partial charge in [-0.15, -0.1) is 0 Å². The number of nitrogens with one attached hydrogen (secondary N) is 2. The van der Waals surface area contributed by atoms with Crippen LogP contribution in [-0.2, 0) is 10.0 Å². The lowest BCUT2D eigenvalue weighted by Crippen LogP contribution is -2.52. The van der Waals surface area contributed by atoms with Crippen molar-refractivity contribution in [3.8, 4) is 0 Å². The number of aryl methyl sites for hydroxylation is 1. The van der Waals surface area contributed by atoms with Crippen molar-refractivity contribution < 1.29 is 13.2 Å². The summed E-state index contributed by atoms with van der Waals surface area (Å²) in [5.41, 5.74) is 1.88. The highest BCUT2D eigenvalue weighted by atomic mass is 32.2. The number of rotatable bonds is 4. The van der Waals surface area contributed by atoms with Gasteiger partial charge in [-0.1, -0.05) is 18.2 Å². The first-order valence-electron chi connectivity index (χ1n) is 8.59. The molecule has 0 radical (unpaired) electrons. The van der Waals surface area contributed by atoms with Crippen LogP contribution in [0.1, 0.15) is 22.8 Å². The Bertz CT molecular complexity index is 895. The van der Waals surface area contributed by atoms with E-state index >= 15 is 0 Å². The average Bonchev–Trinajstić information content (AvgIpc) is 2.63. The summed E-state index contributed by atoms with van der Waals surface area (Å²) in [6, 6.07) is 13.4. The zero-order valence-electron chi connectivity index (χ0n) is 14.9. The van der Waals surface area contributed by atoms with E-state index in [1.165, 1.54) is 12.1 Å². The highest BCUT2D eigenvalue weighted by molar-refractivity contribution is 7.92. The molecule has 0 spiro atoms. The number of sulfonamides is 1. The van der Waals surface area contributed by atoms with Crippen LogP contribution in [0.3, 0.4) is 0 Å². The monoisotopic (exact) mass is 373 g/mol. The number of carbonyl (C=O) groups is 1. The molecule has 3 rings (SSSR count). The second-order valence-electron chi connectivity index (χ2n) is 6.50. The quantitative estimate of drug-likeness (QED) is 0.861. The van der Waals surface area contributed by atoms with E-state index in [2.05, 4.69) is 10.0 Å². The van der Waals surface area contributed by atoms with Crippen LogP contribution in [0.4, 0.5) is 5.69 Å². The lowest BCUT2D eigenvalue weighted by atomic mass is 10.1. The minimum absolute atomic E-state index is 0.0742. The smallest absolute Gasteiger partial charge is 0.261 e. The molecule has 0 bridgehead atoms. The summed E-state index contributed by atoms with van der Waals surface area (Å²) in [6.45, 7) is 6.01.